The zero-order chi connectivity index (χ0) is 14.6. The standard InChI is InChI=1S/C16H32N2O/c1-13(2)17(6)15(19)12-18-10-7-8-14(9-11-18)16(3,4)5/h13-14H,7-12H2,1-6H3. The molecule has 3 heteroatoms. The Morgan fingerprint density at radius 1 is 1.26 bits per heavy atom. The summed E-state index contributed by atoms with van der Waals surface area (Å²) in [7, 11) is 1.91. The van der Waals surface area contributed by atoms with Crippen LogP contribution in [0.3, 0.4) is 0 Å². The van der Waals surface area contributed by atoms with Crippen LogP contribution in [-0.2, 0) is 4.79 Å². The molecule has 19 heavy (non-hydrogen) atoms. The zero-order valence-electron chi connectivity index (χ0n) is 13.7. The van der Waals surface area contributed by atoms with Crippen molar-refractivity contribution in [2.75, 3.05) is 26.7 Å². The maximum absolute atomic E-state index is 12.1. The molecule has 0 N–H and O–H groups in total. The lowest BCUT2D eigenvalue weighted by molar-refractivity contribution is -0.132. The highest BCUT2D eigenvalue weighted by atomic mass is 16.2. The summed E-state index contributed by atoms with van der Waals surface area (Å²) in [5.41, 5.74) is 0.398. The normalized spacial score (nSPS) is 22.4. The first-order valence-corrected chi connectivity index (χ1v) is 7.70. The third kappa shape index (κ3) is 5.13. The molecule has 0 bridgehead atoms. The summed E-state index contributed by atoms with van der Waals surface area (Å²) in [4.78, 5) is 16.3. The third-order valence-corrected chi connectivity index (χ3v) is 4.57. The fourth-order valence-electron chi connectivity index (χ4n) is 2.77. The van der Waals surface area contributed by atoms with Crippen molar-refractivity contribution < 1.29 is 4.79 Å². The van der Waals surface area contributed by atoms with Crippen LogP contribution in [0.25, 0.3) is 0 Å². The Hall–Kier alpha value is -0.570. The predicted octanol–water partition coefficient (Wildman–Crippen LogP) is 3.00. The molecule has 1 saturated heterocycles. The molecule has 0 aromatic heterocycles. The van der Waals surface area contributed by atoms with Gasteiger partial charge in [-0.05, 0) is 57.5 Å². The van der Waals surface area contributed by atoms with Crippen LogP contribution in [0.2, 0.25) is 0 Å². The number of carbonyl (C=O) groups is 1. The molecule has 1 rings (SSSR count). The van der Waals surface area contributed by atoms with Gasteiger partial charge >= 0.3 is 0 Å². The van der Waals surface area contributed by atoms with Crippen LogP contribution in [-0.4, -0.2) is 48.4 Å². The van der Waals surface area contributed by atoms with Gasteiger partial charge in [-0.3, -0.25) is 9.69 Å². The van der Waals surface area contributed by atoms with Crippen LogP contribution >= 0.6 is 0 Å². The number of hydrogen-bond acceptors (Lipinski definition) is 2. The zero-order valence-corrected chi connectivity index (χ0v) is 13.7. The number of carbonyl (C=O) groups excluding carboxylic acids is 1. The van der Waals surface area contributed by atoms with Crippen molar-refractivity contribution in [3.63, 3.8) is 0 Å². The molecule has 0 aromatic carbocycles. The first-order valence-electron chi connectivity index (χ1n) is 7.70. The number of likely N-dealkylation sites (tertiary alicyclic amines) is 1. The lowest BCUT2D eigenvalue weighted by Gasteiger charge is -2.30. The molecule has 1 atom stereocenters. The Kier molecular flexibility index (Phi) is 5.84. The van der Waals surface area contributed by atoms with Gasteiger partial charge < -0.3 is 4.90 Å². The largest absolute Gasteiger partial charge is 0.342 e. The van der Waals surface area contributed by atoms with Crippen LogP contribution < -0.4 is 0 Å². The summed E-state index contributed by atoms with van der Waals surface area (Å²) in [6.07, 6.45) is 3.75. The molecule has 1 unspecified atom stereocenters. The Balaban J connectivity index is 2.48. The smallest absolute Gasteiger partial charge is 0.236 e. The average molecular weight is 268 g/mol. The second-order valence-electron chi connectivity index (χ2n) is 7.37. The number of rotatable bonds is 3. The van der Waals surface area contributed by atoms with E-state index in [0.717, 1.165) is 19.0 Å². The minimum Gasteiger partial charge on any atom is -0.342 e. The fraction of sp³-hybridized carbons (Fsp3) is 0.938. The van der Waals surface area contributed by atoms with E-state index in [4.69, 9.17) is 0 Å². The van der Waals surface area contributed by atoms with E-state index >= 15 is 0 Å². The number of likely N-dealkylation sites (N-methyl/N-ethyl adjacent to an activating group) is 1. The second-order valence-corrected chi connectivity index (χ2v) is 7.37. The monoisotopic (exact) mass is 268 g/mol. The first kappa shape index (κ1) is 16.5. The van der Waals surface area contributed by atoms with Crippen molar-refractivity contribution in [2.45, 2.75) is 59.9 Å². The molecule has 0 aromatic rings. The van der Waals surface area contributed by atoms with Crippen molar-refractivity contribution in [1.29, 1.82) is 0 Å². The lowest BCUT2D eigenvalue weighted by Crippen LogP contribution is -2.41. The minimum absolute atomic E-state index is 0.254. The minimum atomic E-state index is 0.254. The maximum Gasteiger partial charge on any atom is 0.236 e. The van der Waals surface area contributed by atoms with E-state index in [9.17, 15) is 4.79 Å². The van der Waals surface area contributed by atoms with E-state index in [0.29, 0.717) is 18.0 Å². The van der Waals surface area contributed by atoms with E-state index in [1.165, 1.54) is 19.3 Å². The van der Waals surface area contributed by atoms with Gasteiger partial charge in [0.15, 0.2) is 0 Å². The molecular weight excluding hydrogens is 236 g/mol. The number of nitrogens with zero attached hydrogens (tertiary/aromatic N) is 2. The van der Waals surface area contributed by atoms with Gasteiger partial charge in [-0.15, -0.1) is 0 Å². The molecule has 1 amide bonds. The SMILES string of the molecule is CC(C)N(C)C(=O)CN1CCCC(C(C)(C)C)CC1. The van der Waals surface area contributed by atoms with Gasteiger partial charge in [0, 0.05) is 13.1 Å². The van der Waals surface area contributed by atoms with Crippen molar-refractivity contribution >= 4 is 5.91 Å². The van der Waals surface area contributed by atoms with E-state index < -0.39 is 0 Å². The summed E-state index contributed by atoms with van der Waals surface area (Å²) in [6.45, 7) is 13.9. The van der Waals surface area contributed by atoms with Crippen molar-refractivity contribution in [2.24, 2.45) is 11.3 Å². The third-order valence-electron chi connectivity index (χ3n) is 4.57. The van der Waals surface area contributed by atoms with Gasteiger partial charge in [0.05, 0.1) is 6.54 Å². The van der Waals surface area contributed by atoms with E-state index in [1.807, 2.05) is 11.9 Å². The molecule has 1 fully saturated rings. The fourth-order valence-corrected chi connectivity index (χ4v) is 2.77. The number of hydrogen-bond donors (Lipinski definition) is 0. The maximum atomic E-state index is 12.1. The molecule has 1 aliphatic rings. The molecule has 0 spiro atoms. The van der Waals surface area contributed by atoms with Crippen LogP contribution in [0, 0.1) is 11.3 Å². The molecule has 0 radical (unpaired) electrons. The molecule has 3 nitrogen and oxygen atoms in total. The Bertz CT molecular complexity index is 294. The lowest BCUT2D eigenvalue weighted by atomic mass is 9.77. The van der Waals surface area contributed by atoms with Crippen molar-refractivity contribution in [3.05, 3.63) is 0 Å². The predicted molar refractivity (Wildman–Crippen MR) is 81.1 cm³/mol. The topological polar surface area (TPSA) is 23.6 Å². The molecular formula is C16H32N2O. The summed E-state index contributed by atoms with van der Waals surface area (Å²) in [5, 5.41) is 0. The Morgan fingerprint density at radius 2 is 1.89 bits per heavy atom. The van der Waals surface area contributed by atoms with Gasteiger partial charge in [-0.25, -0.2) is 0 Å². The summed E-state index contributed by atoms with van der Waals surface area (Å²) in [6, 6.07) is 0.293. The highest BCUT2D eigenvalue weighted by Gasteiger charge is 2.27. The van der Waals surface area contributed by atoms with Crippen LogP contribution in [0.15, 0.2) is 0 Å². The van der Waals surface area contributed by atoms with Crippen LogP contribution in [0.5, 0.6) is 0 Å². The Labute approximate surface area is 119 Å². The van der Waals surface area contributed by atoms with Crippen molar-refractivity contribution in [1.82, 2.24) is 9.80 Å². The first-order chi connectivity index (χ1) is 8.71. The average Bonchev–Trinajstić information content (AvgIpc) is 2.52. The van der Waals surface area contributed by atoms with E-state index in [-0.39, 0.29) is 5.91 Å². The molecule has 1 heterocycles. The van der Waals surface area contributed by atoms with Crippen LogP contribution in [0.1, 0.15) is 53.9 Å². The molecule has 0 aliphatic carbocycles. The Morgan fingerprint density at radius 3 is 2.42 bits per heavy atom. The highest BCUT2D eigenvalue weighted by molar-refractivity contribution is 5.78. The van der Waals surface area contributed by atoms with E-state index in [2.05, 4.69) is 39.5 Å². The van der Waals surface area contributed by atoms with Gasteiger partial charge in [0.1, 0.15) is 0 Å². The van der Waals surface area contributed by atoms with Gasteiger partial charge in [-0.2, -0.15) is 0 Å². The van der Waals surface area contributed by atoms with Crippen molar-refractivity contribution in [3.8, 4) is 0 Å². The second kappa shape index (κ2) is 6.74. The van der Waals surface area contributed by atoms with Gasteiger partial charge in [-0.1, -0.05) is 20.8 Å². The molecule has 0 saturated carbocycles. The molecule has 112 valence electrons. The summed E-state index contributed by atoms with van der Waals surface area (Å²) < 4.78 is 0. The highest BCUT2D eigenvalue weighted by Crippen LogP contribution is 2.34. The summed E-state index contributed by atoms with van der Waals surface area (Å²) >= 11 is 0. The number of amides is 1. The van der Waals surface area contributed by atoms with Gasteiger partial charge in [0.2, 0.25) is 5.91 Å². The quantitative estimate of drug-likeness (QED) is 0.785. The molecule has 1 aliphatic heterocycles. The summed E-state index contributed by atoms with van der Waals surface area (Å²) in [5.74, 6) is 1.04. The van der Waals surface area contributed by atoms with Gasteiger partial charge in [0.25, 0.3) is 0 Å². The van der Waals surface area contributed by atoms with Crippen LogP contribution in [0.4, 0.5) is 0 Å². The van der Waals surface area contributed by atoms with E-state index in [1.54, 1.807) is 0 Å².